The normalized spacial score (nSPS) is 21.8. The summed E-state index contributed by atoms with van der Waals surface area (Å²) in [5.41, 5.74) is 0.362. The van der Waals surface area contributed by atoms with Crippen molar-refractivity contribution in [1.29, 1.82) is 0 Å². The standard InChI is InChI=1S/C17H28N4O2/c1-5-14(23)13-10-18-16(21-17(2,3)4)20-15(13)19-11-7-6-8-12(22)9-11/h10-12,22H,5-9H2,1-4H3,(H2,18,19,20,21). The molecule has 6 heteroatoms. The minimum Gasteiger partial charge on any atom is -0.393 e. The van der Waals surface area contributed by atoms with Crippen LogP contribution in [0.4, 0.5) is 11.8 Å². The van der Waals surface area contributed by atoms with Gasteiger partial charge in [0.05, 0.1) is 11.7 Å². The summed E-state index contributed by atoms with van der Waals surface area (Å²) in [4.78, 5) is 20.9. The first-order valence-electron chi connectivity index (χ1n) is 8.41. The Labute approximate surface area is 138 Å². The molecule has 0 aliphatic heterocycles. The first kappa shape index (κ1) is 17.7. The van der Waals surface area contributed by atoms with E-state index in [0.717, 1.165) is 19.3 Å². The second-order valence-electron chi connectivity index (χ2n) is 7.27. The van der Waals surface area contributed by atoms with E-state index in [1.165, 1.54) is 0 Å². The van der Waals surface area contributed by atoms with E-state index in [2.05, 4.69) is 20.6 Å². The molecule has 2 rings (SSSR count). The van der Waals surface area contributed by atoms with Gasteiger partial charge in [-0.2, -0.15) is 4.98 Å². The maximum absolute atomic E-state index is 12.1. The molecular weight excluding hydrogens is 292 g/mol. The number of aliphatic hydroxyl groups is 1. The second-order valence-corrected chi connectivity index (χ2v) is 7.27. The predicted molar refractivity (Wildman–Crippen MR) is 91.9 cm³/mol. The quantitative estimate of drug-likeness (QED) is 0.723. The van der Waals surface area contributed by atoms with Gasteiger partial charge in [0.15, 0.2) is 5.78 Å². The molecule has 1 aliphatic carbocycles. The van der Waals surface area contributed by atoms with Gasteiger partial charge in [-0.15, -0.1) is 0 Å². The van der Waals surface area contributed by atoms with Crippen LogP contribution in [0.5, 0.6) is 0 Å². The zero-order valence-electron chi connectivity index (χ0n) is 14.5. The third kappa shape index (κ3) is 5.16. The molecule has 128 valence electrons. The zero-order valence-corrected chi connectivity index (χ0v) is 14.5. The molecule has 23 heavy (non-hydrogen) atoms. The molecule has 1 heterocycles. The lowest BCUT2D eigenvalue weighted by Crippen LogP contribution is -2.31. The van der Waals surface area contributed by atoms with Crippen LogP contribution >= 0.6 is 0 Å². The van der Waals surface area contributed by atoms with E-state index in [4.69, 9.17) is 0 Å². The van der Waals surface area contributed by atoms with Gasteiger partial charge in [-0.25, -0.2) is 4.98 Å². The number of Topliss-reactive ketones (excluding diaryl/α,β-unsaturated/α-hetero) is 1. The molecule has 0 spiro atoms. The first-order chi connectivity index (χ1) is 10.8. The van der Waals surface area contributed by atoms with Crippen molar-refractivity contribution in [3.63, 3.8) is 0 Å². The van der Waals surface area contributed by atoms with Gasteiger partial charge in [0.25, 0.3) is 0 Å². The van der Waals surface area contributed by atoms with Crippen LogP contribution in [0.3, 0.4) is 0 Å². The highest BCUT2D eigenvalue weighted by Crippen LogP contribution is 2.24. The van der Waals surface area contributed by atoms with E-state index < -0.39 is 0 Å². The molecule has 1 aromatic rings. The van der Waals surface area contributed by atoms with E-state index in [9.17, 15) is 9.90 Å². The van der Waals surface area contributed by atoms with Gasteiger partial charge in [0.2, 0.25) is 5.95 Å². The number of ketones is 1. The summed E-state index contributed by atoms with van der Waals surface area (Å²) in [7, 11) is 0. The van der Waals surface area contributed by atoms with E-state index in [1.807, 2.05) is 27.7 Å². The fourth-order valence-corrected chi connectivity index (χ4v) is 2.77. The summed E-state index contributed by atoms with van der Waals surface area (Å²) in [6.07, 6.45) is 5.22. The number of nitrogens with zero attached hydrogens (tertiary/aromatic N) is 2. The monoisotopic (exact) mass is 320 g/mol. The number of hydrogen-bond acceptors (Lipinski definition) is 6. The Balaban J connectivity index is 2.24. The van der Waals surface area contributed by atoms with Gasteiger partial charge in [-0.3, -0.25) is 4.79 Å². The van der Waals surface area contributed by atoms with E-state index in [1.54, 1.807) is 6.20 Å². The smallest absolute Gasteiger partial charge is 0.225 e. The third-order valence-electron chi connectivity index (χ3n) is 3.88. The van der Waals surface area contributed by atoms with Crippen LogP contribution < -0.4 is 10.6 Å². The van der Waals surface area contributed by atoms with Crippen molar-refractivity contribution in [3.8, 4) is 0 Å². The minimum absolute atomic E-state index is 0.0196. The molecule has 1 aliphatic rings. The number of anilines is 2. The summed E-state index contributed by atoms with van der Waals surface area (Å²) in [6.45, 7) is 7.93. The van der Waals surface area contributed by atoms with Crippen LogP contribution in [0.1, 0.15) is 70.2 Å². The Bertz CT molecular complexity index is 554. The molecule has 6 nitrogen and oxygen atoms in total. The van der Waals surface area contributed by atoms with Gasteiger partial charge in [0.1, 0.15) is 5.82 Å². The molecule has 1 saturated carbocycles. The SMILES string of the molecule is CCC(=O)c1cnc(NC(C)(C)C)nc1NC1CCCC(O)C1. The summed E-state index contributed by atoms with van der Waals surface area (Å²) in [5.74, 6) is 1.09. The lowest BCUT2D eigenvalue weighted by Gasteiger charge is -2.28. The lowest BCUT2D eigenvalue weighted by atomic mass is 9.93. The van der Waals surface area contributed by atoms with E-state index in [-0.39, 0.29) is 23.5 Å². The average molecular weight is 320 g/mol. The van der Waals surface area contributed by atoms with E-state index >= 15 is 0 Å². The maximum Gasteiger partial charge on any atom is 0.225 e. The van der Waals surface area contributed by atoms with Crippen LogP contribution in [-0.4, -0.2) is 38.5 Å². The average Bonchev–Trinajstić information content (AvgIpc) is 2.45. The molecule has 0 radical (unpaired) electrons. The largest absolute Gasteiger partial charge is 0.393 e. The molecular formula is C17H28N4O2. The lowest BCUT2D eigenvalue weighted by molar-refractivity contribution is 0.0988. The van der Waals surface area contributed by atoms with Crippen molar-refractivity contribution in [1.82, 2.24) is 9.97 Å². The molecule has 0 amide bonds. The first-order valence-corrected chi connectivity index (χ1v) is 8.41. The Morgan fingerprint density at radius 3 is 2.74 bits per heavy atom. The number of nitrogens with one attached hydrogen (secondary N) is 2. The van der Waals surface area contributed by atoms with Crippen LogP contribution in [0.25, 0.3) is 0 Å². The Morgan fingerprint density at radius 1 is 1.39 bits per heavy atom. The van der Waals surface area contributed by atoms with Crippen molar-refractivity contribution in [2.24, 2.45) is 0 Å². The summed E-state index contributed by atoms with van der Waals surface area (Å²) < 4.78 is 0. The van der Waals surface area contributed by atoms with Crippen molar-refractivity contribution < 1.29 is 9.90 Å². The summed E-state index contributed by atoms with van der Waals surface area (Å²) >= 11 is 0. The third-order valence-corrected chi connectivity index (χ3v) is 3.88. The number of hydrogen-bond donors (Lipinski definition) is 3. The fourth-order valence-electron chi connectivity index (χ4n) is 2.77. The van der Waals surface area contributed by atoms with Gasteiger partial charge in [-0.1, -0.05) is 6.92 Å². The highest BCUT2D eigenvalue weighted by molar-refractivity contribution is 6.00. The van der Waals surface area contributed by atoms with Crippen molar-refractivity contribution in [2.45, 2.75) is 77.5 Å². The fraction of sp³-hybridized carbons (Fsp3) is 0.706. The molecule has 0 bridgehead atoms. The number of aromatic nitrogens is 2. The van der Waals surface area contributed by atoms with Gasteiger partial charge < -0.3 is 15.7 Å². The van der Waals surface area contributed by atoms with Crippen molar-refractivity contribution in [3.05, 3.63) is 11.8 Å². The number of carbonyl (C=O) groups excluding carboxylic acids is 1. The molecule has 2 unspecified atom stereocenters. The Kier molecular flexibility index (Phi) is 5.57. The van der Waals surface area contributed by atoms with Gasteiger partial charge >= 0.3 is 0 Å². The zero-order chi connectivity index (χ0) is 17.0. The summed E-state index contributed by atoms with van der Waals surface area (Å²) in [5, 5.41) is 16.4. The van der Waals surface area contributed by atoms with Crippen LogP contribution in [-0.2, 0) is 0 Å². The Hall–Kier alpha value is -1.69. The molecule has 0 saturated heterocycles. The molecule has 1 fully saturated rings. The van der Waals surface area contributed by atoms with Crippen molar-refractivity contribution in [2.75, 3.05) is 10.6 Å². The van der Waals surface area contributed by atoms with Crippen LogP contribution in [0.2, 0.25) is 0 Å². The predicted octanol–water partition coefficient (Wildman–Crippen LogP) is 3.00. The van der Waals surface area contributed by atoms with Crippen molar-refractivity contribution >= 4 is 17.5 Å². The topological polar surface area (TPSA) is 87.1 Å². The van der Waals surface area contributed by atoms with Crippen LogP contribution in [0.15, 0.2) is 6.20 Å². The second kappa shape index (κ2) is 7.25. The molecule has 3 N–H and O–H groups in total. The van der Waals surface area contributed by atoms with Gasteiger partial charge in [-0.05, 0) is 46.5 Å². The summed E-state index contributed by atoms with van der Waals surface area (Å²) in [6, 6.07) is 0.138. The van der Waals surface area contributed by atoms with E-state index in [0.29, 0.717) is 30.2 Å². The Morgan fingerprint density at radius 2 is 2.13 bits per heavy atom. The minimum atomic E-state index is -0.277. The number of carbonyl (C=O) groups is 1. The number of rotatable bonds is 5. The number of aliphatic hydroxyl groups excluding tert-OH is 1. The molecule has 2 atom stereocenters. The van der Waals surface area contributed by atoms with Gasteiger partial charge in [0, 0.05) is 24.2 Å². The van der Waals surface area contributed by atoms with Crippen LogP contribution in [0, 0.1) is 0 Å². The highest BCUT2D eigenvalue weighted by atomic mass is 16.3. The maximum atomic E-state index is 12.1. The molecule has 0 aromatic carbocycles. The molecule has 1 aromatic heterocycles. The highest BCUT2D eigenvalue weighted by Gasteiger charge is 2.23.